The quantitative estimate of drug-likeness (QED) is 0.549. The largest absolute Gasteiger partial charge is 0.755 e. The predicted octanol–water partition coefficient (Wildman–Crippen LogP) is -0.272. The lowest BCUT2D eigenvalue weighted by Gasteiger charge is -2.14. The van der Waals surface area contributed by atoms with Crippen LogP contribution in [0.4, 0.5) is 5.69 Å². The van der Waals surface area contributed by atoms with E-state index in [0.29, 0.717) is 5.56 Å². The van der Waals surface area contributed by atoms with Gasteiger partial charge in [-0.15, -0.1) is 0 Å². The molecule has 0 aliphatic heterocycles. The zero-order valence-corrected chi connectivity index (χ0v) is 12.3. The van der Waals surface area contributed by atoms with Crippen molar-refractivity contribution in [3.63, 3.8) is 0 Å². The van der Waals surface area contributed by atoms with Crippen LogP contribution in [0.3, 0.4) is 0 Å². The first-order chi connectivity index (χ1) is 9.23. The van der Waals surface area contributed by atoms with Crippen LogP contribution in [0.2, 0.25) is 0 Å². The van der Waals surface area contributed by atoms with Crippen molar-refractivity contribution in [3.8, 4) is 0 Å². The third-order valence-corrected chi connectivity index (χ3v) is 3.28. The van der Waals surface area contributed by atoms with Crippen molar-refractivity contribution in [2.45, 2.75) is 6.54 Å². The Kier molecular flexibility index (Phi) is 5.62. The fraction of sp³-hybridized carbons (Fsp3) is 0.300. The molecule has 1 unspecified atom stereocenters. The zero-order chi connectivity index (χ0) is 15.3. The Bertz CT molecular complexity index is 629. The van der Waals surface area contributed by atoms with E-state index in [-0.39, 0.29) is 17.8 Å². The van der Waals surface area contributed by atoms with E-state index in [1.165, 1.54) is 25.3 Å². The standard InChI is InChI=1S/C10H14N2O6S2/c1-18-10(13)8-4-3-7(6-11-20(2,16)17)5-9(8)12-19(14)15/h3-5,11-12H,6H2,1-2H3,(H,14,15)/p-1. The fourth-order valence-electron chi connectivity index (χ4n) is 1.38. The van der Waals surface area contributed by atoms with Gasteiger partial charge in [0.05, 0.1) is 24.6 Å². The number of hydrogen-bond donors (Lipinski definition) is 2. The molecular formula is C10H13N2O6S2-. The summed E-state index contributed by atoms with van der Waals surface area (Å²) >= 11 is -2.62. The highest BCUT2D eigenvalue weighted by Crippen LogP contribution is 2.19. The zero-order valence-electron chi connectivity index (χ0n) is 10.7. The SMILES string of the molecule is COC(=O)c1ccc(CNS(C)(=O)=O)cc1NS(=O)[O-]. The smallest absolute Gasteiger partial charge is 0.339 e. The van der Waals surface area contributed by atoms with Gasteiger partial charge in [0.2, 0.25) is 10.0 Å². The van der Waals surface area contributed by atoms with Crippen LogP contribution in [0.1, 0.15) is 15.9 Å². The Morgan fingerprint density at radius 1 is 1.45 bits per heavy atom. The van der Waals surface area contributed by atoms with E-state index in [2.05, 4.69) is 14.2 Å². The molecule has 0 spiro atoms. The van der Waals surface area contributed by atoms with Gasteiger partial charge < -0.3 is 14.0 Å². The minimum absolute atomic E-state index is 0.0120. The number of esters is 1. The lowest BCUT2D eigenvalue weighted by atomic mass is 10.1. The van der Waals surface area contributed by atoms with Gasteiger partial charge in [-0.3, -0.25) is 4.21 Å². The number of nitrogens with one attached hydrogen (secondary N) is 2. The summed E-state index contributed by atoms with van der Waals surface area (Å²) in [5.41, 5.74) is 0.522. The molecule has 0 heterocycles. The van der Waals surface area contributed by atoms with Gasteiger partial charge in [0.1, 0.15) is 0 Å². The number of carbonyl (C=O) groups is 1. The van der Waals surface area contributed by atoms with Crippen LogP contribution in [-0.2, 0) is 32.6 Å². The number of anilines is 1. The van der Waals surface area contributed by atoms with Crippen LogP contribution in [-0.4, -0.2) is 36.5 Å². The summed E-state index contributed by atoms with van der Waals surface area (Å²) in [5.74, 6) is -0.708. The second kappa shape index (κ2) is 6.79. The number of methoxy groups -OCH3 is 1. The molecular weight excluding hydrogens is 308 g/mol. The average Bonchev–Trinajstić information content (AvgIpc) is 2.34. The van der Waals surface area contributed by atoms with E-state index in [1.807, 2.05) is 0 Å². The van der Waals surface area contributed by atoms with Gasteiger partial charge in [-0.1, -0.05) is 6.07 Å². The topological polar surface area (TPSA) is 125 Å². The number of sulfonamides is 1. The summed E-state index contributed by atoms with van der Waals surface area (Å²) in [6.07, 6.45) is 1.00. The van der Waals surface area contributed by atoms with Crippen LogP contribution in [0.5, 0.6) is 0 Å². The van der Waals surface area contributed by atoms with Crippen LogP contribution >= 0.6 is 0 Å². The molecule has 0 fully saturated rings. The summed E-state index contributed by atoms with van der Waals surface area (Å²) in [4.78, 5) is 11.5. The summed E-state index contributed by atoms with van der Waals surface area (Å²) in [5, 5.41) is 0. The average molecular weight is 321 g/mol. The third-order valence-electron chi connectivity index (χ3n) is 2.22. The fourth-order valence-corrected chi connectivity index (χ4v) is 2.16. The highest BCUT2D eigenvalue weighted by atomic mass is 32.2. The van der Waals surface area contributed by atoms with Crippen molar-refractivity contribution in [3.05, 3.63) is 29.3 Å². The molecule has 0 saturated heterocycles. The maximum atomic E-state index is 11.5. The normalized spacial score (nSPS) is 12.8. The molecule has 0 aliphatic carbocycles. The maximum Gasteiger partial charge on any atom is 0.339 e. The summed E-state index contributed by atoms with van der Waals surface area (Å²) in [6, 6.07) is 4.18. The van der Waals surface area contributed by atoms with Crippen LogP contribution in [0.15, 0.2) is 18.2 Å². The van der Waals surface area contributed by atoms with Crippen LogP contribution in [0.25, 0.3) is 0 Å². The molecule has 0 bridgehead atoms. The molecule has 0 aliphatic rings. The van der Waals surface area contributed by atoms with E-state index in [4.69, 9.17) is 0 Å². The van der Waals surface area contributed by atoms with Crippen molar-refractivity contribution >= 4 is 32.9 Å². The van der Waals surface area contributed by atoms with E-state index < -0.39 is 27.3 Å². The Morgan fingerprint density at radius 3 is 2.60 bits per heavy atom. The molecule has 2 N–H and O–H groups in total. The minimum atomic E-state index is -3.37. The third kappa shape index (κ3) is 5.25. The van der Waals surface area contributed by atoms with Crippen molar-refractivity contribution in [1.82, 2.24) is 4.72 Å². The van der Waals surface area contributed by atoms with Gasteiger partial charge in [-0.2, -0.15) is 0 Å². The first-order valence-corrected chi connectivity index (χ1v) is 8.21. The molecule has 0 amide bonds. The molecule has 1 rings (SSSR count). The molecule has 0 aromatic heterocycles. The van der Waals surface area contributed by atoms with Crippen molar-refractivity contribution in [2.24, 2.45) is 0 Å². The van der Waals surface area contributed by atoms with Crippen molar-refractivity contribution < 1.29 is 26.7 Å². The van der Waals surface area contributed by atoms with Crippen LogP contribution in [0, 0.1) is 0 Å². The molecule has 10 heteroatoms. The van der Waals surface area contributed by atoms with Gasteiger partial charge in [-0.05, 0) is 17.7 Å². The second-order valence-electron chi connectivity index (χ2n) is 3.80. The molecule has 112 valence electrons. The van der Waals surface area contributed by atoms with Crippen LogP contribution < -0.4 is 9.44 Å². The first-order valence-electron chi connectivity index (χ1n) is 5.24. The highest BCUT2D eigenvalue weighted by molar-refractivity contribution is 7.88. The molecule has 1 atom stereocenters. The number of hydrogen-bond acceptors (Lipinski definition) is 6. The van der Waals surface area contributed by atoms with Crippen molar-refractivity contribution in [2.75, 3.05) is 18.1 Å². The lowest BCUT2D eigenvalue weighted by Crippen LogP contribution is -2.21. The molecule has 0 radical (unpaired) electrons. The highest BCUT2D eigenvalue weighted by Gasteiger charge is 2.13. The summed E-state index contributed by atoms with van der Waals surface area (Å²) < 4.78 is 52.2. The maximum absolute atomic E-state index is 11.5. The summed E-state index contributed by atoms with van der Waals surface area (Å²) in [7, 11) is -2.21. The minimum Gasteiger partial charge on any atom is -0.755 e. The predicted molar refractivity (Wildman–Crippen MR) is 72.0 cm³/mol. The van der Waals surface area contributed by atoms with Crippen molar-refractivity contribution in [1.29, 1.82) is 0 Å². The summed E-state index contributed by atoms with van der Waals surface area (Å²) in [6.45, 7) is -0.0273. The number of rotatable bonds is 6. The first kappa shape index (κ1) is 16.6. The van der Waals surface area contributed by atoms with E-state index in [9.17, 15) is 22.0 Å². The molecule has 8 nitrogen and oxygen atoms in total. The molecule has 20 heavy (non-hydrogen) atoms. The number of carbonyl (C=O) groups excluding carboxylic acids is 1. The van der Waals surface area contributed by atoms with Gasteiger partial charge in [0.15, 0.2) is 0 Å². The van der Waals surface area contributed by atoms with E-state index in [0.717, 1.165) is 6.26 Å². The van der Waals surface area contributed by atoms with Gasteiger partial charge in [0.25, 0.3) is 0 Å². The van der Waals surface area contributed by atoms with Gasteiger partial charge in [0, 0.05) is 17.8 Å². The molecule has 1 aromatic rings. The number of benzene rings is 1. The Hall–Kier alpha value is -1.49. The number of ether oxygens (including phenoxy) is 1. The lowest BCUT2D eigenvalue weighted by molar-refractivity contribution is 0.0602. The molecule has 0 saturated carbocycles. The van der Waals surface area contributed by atoms with E-state index in [1.54, 1.807) is 0 Å². The Labute approximate surface area is 119 Å². The second-order valence-corrected chi connectivity index (χ2v) is 6.31. The Morgan fingerprint density at radius 2 is 2.10 bits per heavy atom. The van der Waals surface area contributed by atoms with E-state index >= 15 is 0 Å². The van der Waals surface area contributed by atoms with Gasteiger partial charge in [-0.25, -0.2) is 17.9 Å². The monoisotopic (exact) mass is 321 g/mol. The molecule has 1 aromatic carbocycles. The Balaban J connectivity index is 3.07. The van der Waals surface area contributed by atoms with Gasteiger partial charge >= 0.3 is 5.97 Å².